The Bertz CT molecular complexity index is 1520. The van der Waals surface area contributed by atoms with Crippen LogP contribution in [0.3, 0.4) is 0 Å². The average Bonchev–Trinajstić information content (AvgIpc) is 3.09. The van der Waals surface area contributed by atoms with Crippen LogP contribution < -0.4 is 0 Å². The third kappa shape index (κ3) is 10.6. The monoisotopic (exact) mass is 724 g/mol. The Balaban J connectivity index is 2.38. The van der Waals surface area contributed by atoms with E-state index >= 15 is 0 Å². The number of esters is 2. The third-order valence-corrected chi connectivity index (χ3v) is 8.03. The predicted molar refractivity (Wildman–Crippen MR) is 177 cm³/mol. The Morgan fingerprint density at radius 2 is 1.22 bits per heavy atom. The van der Waals surface area contributed by atoms with Gasteiger partial charge in [-0.2, -0.15) is 26.3 Å². The Morgan fingerprint density at radius 1 is 0.725 bits per heavy atom. The molecule has 0 spiro atoms. The first-order valence-corrected chi connectivity index (χ1v) is 16.1. The summed E-state index contributed by atoms with van der Waals surface area (Å²) in [5.74, 6) is 6.22. The number of halogens is 6. The van der Waals surface area contributed by atoms with Gasteiger partial charge in [0.05, 0.1) is 6.10 Å². The van der Waals surface area contributed by atoms with Crippen LogP contribution in [0, 0.1) is 23.7 Å². The molecular weight excluding hydrogens is 682 g/mol. The van der Waals surface area contributed by atoms with Crippen molar-refractivity contribution in [1.82, 2.24) is 0 Å². The van der Waals surface area contributed by atoms with Gasteiger partial charge in [-0.05, 0) is 30.3 Å². The number of methoxy groups -OCH3 is 3. The van der Waals surface area contributed by atoms with Crippen LogP contribution in [-0.4, -0.2) is 63.9 Å². The van der Waals surface area contributed by atoms with Crippen molar-refractivity contribution in [3.63, 3.8) is 0 Å². The molecule has 0 aliphatic rings. The molecule has 0 bridgehead atoms. The Kier molecular flexibility index (Phi) is 16.7. The Labute approximate surface area is 294 Å². The van der Waals surface area contributed by atoms with Crippen molar-refractivity contribution in [2.24, 2.45) is 0 Å². The largest absolute Gasteiger partial charge is 0.456 e. The topological polar surface area (TPSA) is 80.3 Å². The second-order valence-electron chi connectivity index (χ2n) is 11.3. The van der Waals surface area contributed by atoms with Crippen molar-refractivity contribution in [2.75, 3.05) is 21.3 Å². The molecule has 0 aliphatic heterocycles. The number of unbranched alkanes of at least 4 members (excludes halogenated alkanes) is 4. The van der Waals surface area contributed by atoms with E-state index in [0.29, 0.717) is 12.8 Å². The van der Waals surface area contributed by atoms with Crippen molar-refractivity contribution < 1.29 is 59.6 Å². The van der Waals surface area contributed by atoms with Crippen molar-refractivity contribution in [3.05, 3.63) is 84.4 Å². The summed E-state index contributed by atoms with van der Waals surface area (Å²) in [5.41, 5.74) is -7.92. The summed E-state index contributed by atoms with van der Waals surface area (Å²) in [6.45, 7) is 5.49. The zero-order valence-electron chi connectivity index (χ0n) is 28.9. The number of benzene rings is 2. The van der Waals surface area contributed by atoms with Crippen LogP contribution in [0.25, 0.3) is 0 Å². The molecule has 0 aromatic heterocycles. The number of hydrogen-bond donors (Lipinski definition) is 0. The number of carbonyl (C=O) groups excluding carboxylic acids is 2. The molecule has 0 unspecified atom stereocenters. The summed E-state index contributed by atoms with van der Waals surface area (Å²) in [7, 11) is 2.80. The number of carbonyl (C=O) groups is 2. The molecule has 0 aliphatic carbocycles. The van der Waals surface area contributed by atoms with E-state index in [4.69, 9.17) is 23.7 Å². The first kappa shape index (κ1) is 42.9. The fourth-order valence-corrected chi connectivity index (χ4v) is 5.29. The Hall–Kier alpha value is -4.30. The lowest BCUT2D eigenvalue weighted by molar-refractivity contribution is -0.279. The molecule has 0 heterocycles. The van der Waals surface area contributed by atoms with Gasteiger partial charge < -0.3 is 23.7 Å². The smallest absolute Gasteiger partial charge is 0.432 e. The van der Waals surface area contributed by atoms with Crippen molar-refractivity contribution in [2.45, 2.75) is 93.7 Å². The molecule has 0 saturated heterocycles. The molecule has 0 N–H and O–H groups in total. The summed E-state index contributed by atoms with van der Waals surface area (Å²) in [6, 6.07) is 12.5. The standard InChI is InChI=1S/C38H42F6O7/c1-6-8-9-10-19-26-31(47-3)32(51-34(46)36(49-5,38(42,43)44)29-23-16-12-17-24-29)27-20-13-18-25-30(7-2)50-33(45)35(48-4,37(39,40)41)28-21-14-11-15-22-28/h7,11-12,14-17,21-24,30-32H,2,6,8-10,19,26-27H2,1,3-5H3/t30-,31-,32-,35-,36-/m0/s1. The average molecular weight is 725 g/mol. The van der Waals surface area contributed by atoms with Crippen molar-refractivity contribution in [1.29, 1.82) is 0 Å². The lowest BCUT2D eigenvalue weighted by atomic mass is 9.92. The summed E-state index contributed by atoms with van der Waals surface area (Å²) in [6.07, 6.45) is -8.83. The normalized spacial score (nSPS) is 15.6. The van der Waals surface area contributed by atoms with Crippen LogP contribution in [0.2, 0.25) is 0 Å². The van der Waals surface area contributed by atoms with Crippen LogP contribution in [-0.2, 0) is 44.5 Å². The quantitative estimate of drug-likeness (QED) is 0.0508. The highest BCUT2D eigenvalue weighted by atomic mass is 19.4. The Morgan fingerprint density at radius 3 is 1.65 bits per heavy atom. The number of hydrogen-bond acceptors (Lipinski definition) is 7. The van der Waals surface area contributed by atoms with Gasteiger partial charge in [-0.1, -0.05) is 112 Å². The van der Waals surface area contributed by atoms with Crippen molar-refractivity contribution in [3.8, 4) is 23.7 Å². The first-order chi connectivity index (χ1) is 24.2. The van der Waals surface area contributed by atoms with E-state index in [9.17, 15) is 35.9 Å². The van der Waals surface area contributed by atoms with Gasteiger partial charge in [0.15, 0.2) is 6.10 Å². The van der Waals surface area contributed by atoms with E-state index in [2.05, 4.69) is 30.3 Å². The minimum atomic E-state index is -5.22. The molecular formula is C38H42F6O7. The summed E-state index contributed by atoms with van der Waals surface area (Å²) >= 11 is 0. The van der Waals surface area contributed by atoms with Gasteiger partial charge in [0, 0.05) is 38.9 Å². The zero-order valence-corrected chi connectivity index (χ0v) is 28.9. The molecule has 278 valence electrons. The summed E-state index contributed by atoms with van der Waals surface area (Å²) in [5, 5.41) is 0. The van der Waals surface area contributed by atoms with E-state index in [0.717, 1.165) is 70.2 Å². The van der Waals surface area contributed by atoms with Gasteiger partial charge in [-0.15, -0.1) is 0 Å². The third-order valence-electron chi connectivity index (χ3n) is 8.03. The van der Waals surface area contributed by atoms with Crippen LogP contribution in [0.5, 0.6) is 0 Å². The van der Waals surface area contributed by atoms with Gasteiger partial charge >= 0.3 is 24.3 Å². The van der Waals surface area contributed by atoms with Crippen molar-refractivity contribution >= 4 is 11.9 Å². The highest BCUT2D eigenvalue weighted by Crippen LogP contribution is 2.44. The predicted octanol–water partition coefficient (Wildman–Crippen LogP) is 7.98. The lowest BCUT2D eigenvalue weighted by Gasteiger charge is -2.34. The van der Waals surface area contributed by atoms with Gasteiger partial charge in [0.1, 0.15) is 6.10 Å². The second kappa shape index (κ2) is 19.9. The maximum Gasteiger partial charge on any atom is 0.432 e. The summed E-state index contributed by atoms with van der Waals surface area (Å²) in [4.78, 5) is 26.4. The van der Waals surface area contributed by atoms with Gasteiger partial charge in [0.25, 0.3) is 11.2 Å². The molecule has 0 amide bonds. The SMILES string of the molecule is C=C[C@@H](C#CC#CC[C@H](OC(=O)[C@@](OC)(c1ccccc1)C(F)(F)F)[C@H](CCCCCCC)OC)OC(=O)[C@@](OC)(c1ccccc1)C(F)(F)F. The van der Waals surface area contributed by atoms with Gasteiger partial charge in [-0.3, -0.25) is 0 Å². The maximum absolute atomic E-state index is 14.6. The fourth-order valence-electron chi connectivity index (χ4n) is 5.29. The highest BCUT2D eigenvalue weighted by Gasteiger charge is 2.65. The van der Waals surface area contributed by atoms with E-state index < -0.39 is 64.9 Å². The van der Waals surface area contributed by atoms with Gasteiger partial charge in [0.2, 0.25) is 0 Å². The number of ether oxygens (including phenoxy) is 5. The van der Waals surface area contributed by atoms with E-state index in [1.807, 2.05) is 6.92 Å². The number of alkyl halides is 6. The minimum absolute atomic E-state index is 0.333. The van der Waals surface area contributed by atoms with Crippen LogP contribution in [0.1, 0.15) is 63.0 Å². The fraction of sp³-hybridized carbons (Fsp3) is 0.474. The van der Waals surface area contributed by atoms with E-state index in [1.54, 1.807) is 0 Å². The molecule has 13 heteroatoms. The zero-order chi connectivity index (χ0) is 38.1. The van der Waals surface area contributed by atoms with Crippen LogP contribution >= 0.6 is 0 Å². The first-order valence-electron chi connectivity index (χ1n) is 16.1. The van der Waals surface area contributed by atoms with E-state index in [1.165, 1.54) is 43.5 Å². The molecule has 2 aromatic rings. The van der Waals surface area contributed by atoms with Gasteiger partial charge in [-0.25, -0.2) is 9.59 Å². The van der Waals surface area contributed by atoms with E-state index in [-0.39, 0.29) is 6.42 Å². The van der Waals surface area contributed by atoms with Crippen LogP contribution in [0.15, 0.2) is 73.3 Å². The summed E-state index contributed by atoms with van der Waals surface area (Å²) < 4.78 is 112. The molecule has 2 rings (SSSR count). The second-order valence-corrected chi connectivity index (χ2v) is 11.3. The molecule has 0 saturated carbocycles. The van der Waals surface area contributed by atoms with Crippen LogP contribution in [0.4, 0.5) is 26.3 Å². The molecule has 2 aromatic carbocycles. The molecule has 51 heavy (non-hydrogen) atoms. The molecule has 0 fully saturated rings. The lowest BCUT2D eigenvalue weighted by Crippen LogP contribution is -2.53. The maximum atomic E-state index is 14.6. The number of rotatable bonds is 18. The minimum Gasteiger partial charge on any atom is -0.456 e. The molecule has 7 nitrogen and oxygen atoms in total. The molecule has 0 radical (unpaired) electrons. The highest BCUT2D eigenvalue weighted by molar-refractivity contribution is 5.83. The molecule has 5 atom stereocenters.